The maximum absolute atomic E-state index is 13.9. The summed E-state index contributed by atoms with van der Waals surface area (Å²) in [5, 5.41) is 5.84. The van der Waals surface area contributed by atoms with Gasteiger partial charge in [0.1, 0.15) is 16.5 Å². The van der Waals surface area contributed by atoms with Crippen molar-refractivity contribution >= 4 is 21.4 Å². The van der Waals surface area contributed by atoms with Gasteiger partial charge in [-0.3, -0.25) is 0 Å². The van der Waals surface area contributed by atoms with Crippen LogP contribution >= 0.6 is 11.3 Å². The lowest BCUT2D eigenvalue weighted by atomic mass is 10.1. The van der Waals surface area contributed by atoms with Gasteiger partial charge in [-0.2, -0.15) is 9.29 Å². The molecule has 6 nitrogen and oxygen atoms in total. The first-order valence-corrected chi connectivity index (χ1v) is 10.1. The number of thiophene rings is 1. The molecule has 1 saturated heterocycles. The lowest BCUT2D eigenvalue weighted by Gasteiger charge is -2.16. The highest BCUT2D eigenvalue weighted by Crippen LogP contribution is 2.32. The topological polar surface area (TPSA) is 76.3 Å². The normalized spacial score (nSPS) is 18.5. The summed E-state index contributed by atoms with van der Waals surface area (Å²) >= 11 is 1.46. The number of aromatic nitrogens is 2. The molecule has 0 radical (unpaired) electrons. The van der Waals surface area contributed by atoms with E-state index in [1.807, 2.05) is 17.5 Å². The molecule has 1 atom stereocenters. The van der Waals surface area contributed by atoms with Crippen molar-refractivity contribution in [3.05, 3.63) is 53.2 Å². The molecule has 1 aromatic carbocycles. The Kier molecular flexibility index (Phi) is 4.33. The summed E-state index contributed by atoms with van der Waals surface area (Å²) in [4.78, 5) is 4.64. The fraction of sp³-hybridized carbons (Fsp3) is 0.250. The molecular weight excluding hydrogens is 384 g/mol. The van der Waals surface area contributed by atoms with Gasteiger partial charge in [0.2, 0.25) is 10.0 Å². The fourth-order valence-electron chi connectivity index (χ4n) is 2.88. The van der Waals surface area contributed by atoms with Gasteiger partial charge in [0.15, 0.2) is 5.82 Å². The van der Waals surface area contributed by atoms with Crippen LogP contribution in [0, 0.1) is 11.6 Å². The highest BCUT2D eigenvalue weighted by atomic mass is 32.2. The molecule has 136 valence electrons. The van der Waals surface area contributed by atoms with Gasteiger partial charge < -0.3 is 4.52 Å². The van der Waals surface area contributed by atoms with E-state index in [0.717, 1.165) is 21.3 Å². The third kappa shape index (κ3) is 3.04. The molecule has 1 aliphatic heterocycles. The Bertz CT molecular complexity index is 1030. The van der Waals surface area contributed by atoms with Crippen molar-refractivity contribution in [2.24, 2.45) is 0 Å². The fourth-order valence-corrected chi connectivity index (χ4v) is 5.07. The maximum Gasteiger partial charge on any atom is 0.267 e. The van der Waals surface area contributed by atoms with Crippen molar-refractivity contribution in [1.82, 2.24) is 14.4 Å². The first-order chi connectivity index (χ1) is 12.4. The van der Waals surface area contributed by atoms with Gasteiger partial charge in [-0.25, -0.2) is 17.2 Å². The summed E-state index contributed by atoms with van der Waals surface area (Å²) in [5.74, 6) is -1.36. The Morgan fingerprint density at radius 3 is 2.85 bits per heavy atom. The molecule has 26 heavy (non-hydrogen) atoms. The molecule has 0 amide bonds. The van der Waals surface area contributed by atoms with E-state index in [4.69, 9.17) is 4.52 Å². The lowest BCUT2D eigenvalue weighted by molar-refractivity contribution is 0.414. The van der Waals surface area contributed by atoms with Crippen LogP contribution in [0.15, 0.2) is 45.1 Å². The average molecular weight is 397 g/mol. The Labute approximate surface area is 152 Å². The third-order valence-corrected chi connectivity index (χ3v) is 6.96. The van der Waals surface area contributed by atoms with Crippen molar-refractivity contribution in [2.45, 2.75) is 17.2 Å². The maximum atomic E-state index is 13.9. The molecule has 2 aromatic heterocycles. The summed E-state index contributed by atoms with van der Waals surface area (Å²) in [6.45, 7) is 0.315. The van der Waals surface area contributed by atoms with Crippen LogP contribution in [0.4, 0.5) is 8.78 Å². The quantitative estimate of drug-likeness (QED) is 0.675. The minimum atomic E-state index is -4.06. The second-order valence-corrected chi connectivity index (χ2v) is 8.71. The van der Waals surface area contributed by atoms with Crippen LogP contribution < -0.4 is 0 Å². The predicted molar refractivity (Wildman–Crippen MR) is 90.1 cm³/mol. The second-order valence-electron chi connectivity index (χ2n) is 5.86. The van der Waals surface area contributed by atoms with Crippen LogP contribution in [-0.4, -0.2) is 36.0 Å². The third-order valence-electron chi connectivity index (χ3n) is 4.20. The van der Waals surface area contributed by atoms with Crippen molar-refractivity contribution in [3.63, 3.8) is 0 Å². The SMILES string of the molecule is O=S(=O)(c1ccc(F)cc1F)N1CC[C@@H](c2noc(-c3cccs3)n2)C1. The van der Waals surface area contributed by atoms with E-state index in [1.54, 1.807) is 0 Å². The van der Waals surface area contributed by atoms with E-state index in [1.165, 1.54) is 11.3 Å². The van der Waals surface area contributed by atoms with E-state index in [2.05, 4.69) is 10.1 Å². The van der Waals surface area contributed by atoms with E-state index >= 15 is 0 Å². The van der Waals surface area contributed by atoms with Crippen molar-refractivity contribution < 1.29 is 21.7 Å². The van der Waals surface area contributed by atoms with Crippen LogP contribution in [0.2, 0.25) is 0 Å². The number of benzene rings is 1. The summed E-state index contributed by atoms with van der Waals surface area (Å²) in [6, 6.07) is 6.15. The standard InChI is InChI=1S/C16H13F2N3O3S2/c17-11-3-4-14(12(18)8-11)26(22,23)21-6-5-10(9-21)15-19-16(24-20-15)13-2-1-7-25-13/h1-4,7-8,10H,5-6,9H2/t10-/m1/s1. The van der Waals surface area contributed by atoms with E-state index in [0.29, 0.717) is 24.2 Å². The van der Waals surface area contributed by atoms with E-state index in [9.17, 15) is 17.2 Å². The number of halogens is 2. The molecule has 1 aliphatic rings. The van der Waals surface area contributed by atoms with Gasteiger partial charge in [0.05, 0.1) is 4.88 Å². The highest BCUT2D eigenvalue weighted by molar-refractivity contribution is 7.89. The predicted octanol–water partition coefficient (Wildman–Crippen LogP) is 3.25. The van der Waals surface area contributed by atoms with Crippen LogP contribution in [0.5, 0.6) is 0 Å². The number of nitrogens with zero attached hydrogens (tertiary/aromatic N) is 3. The number of hydrogen-bond acceptors (Lipinski definition) is 6. The Morgan fingerprint density at radius 2 is 2.12 bits per heavy atom. The zero-order valence-electron chi connectivity index (χ0n) is 13.3. The second kappa shape index (κ2) is 6.53. The molecule has 1 fully saturated rings. The molecule has 0 unspecified atom stereocenters. The summed E-state index contributed by atoms with van der Waals surface area (Å²) < 4.78 is 58.6. The van der Waals surface area contributed by atoms with Gasteiger partial charge in [-0.05, 0) is 30.0 Å². The van der Waals surface area contributed by atoms with Crippen molar-refractivity contribution in [2.75, 3.05) is 13.1 Å². The molecule has 10 heteroatoms. The Morgan fingerprint density at radius 1 is 1.27 bits per heavy atom. The number of hydrogen-bond donors (Lipinski definition) is 0. The zero-order chi connectivity index (χ0) is 18.3. The van der Waals surface area contributed by atoms with Crippen LogP contribution in [0.25, 0.3) is 10.8 Å². The van der Waals surface area contributed by atoms with Crippen molar-refractivity contribution in [3.8, 4) is 10.8 Å². The largest absolute Gasteiger partial charge is 0.333 e. The first kappa shape index (κ1) is 17.3. The smallest absolute Gasteiger partial charge is 0.267 e. The molecule has 0 N–H and O–H groups in total. The number of sulfonamides is 1. The lowest BCUT2D eigenvalue weighted by Crippen LogP contribution is -2.29. The summed E-state index contributed by atoms with van der Waals surface area (Å²) in [5.41, 5.74) is 0. The van der Waals surface area contributed by atoms with Crippen molar-refractivity contribution in [1.29, 1.82) is 0 Å². The van der Waals surface area contributed by atoms with Gasteiger partial charge in [0.25, 0.3) is 5.89 Å². The number of rotatable bonds is 4. The van der Waals surface area contributed by atoms with Crippen LogP contribution in [0.1, 0.15) is 18.2 Å². The highest BCUT2D eigenvalue weighted by Gasteiger charge is 2.36. The Balaban J connectivity index is 1.55. The molecule has 0 aliphatic carbocycles. The van der Waals surface area contributed by atoms with Gasteiger partial charge in [-0.15, -0.1) is 11.3 Å². The van der Waals surface area contributed by atoms with Gasteiger partial charge in [-0.1, -0.05) is 11.2 Å². The molecular formula is C16H13F2N3O3S2. The molecule has 3 aromatic rings. The van der Waals surface area contributed by atoms with Crippen LogP contribution in [-0.2, 0) is 10.0 Å². The average Bonchev–Trinajstić information content (AvgIpc) is 3.34. The molecule has 0 bridgehead atoms. The minimum absolute atomic E-state index is 0.114. The van der Waals surface area contributed by atoms with Gasteiger partial charge in [0, 0.05) is 25.1 Å². The molecule has 3 heterocycles. The first-order valence-electron chi connectivity index (χ1n) is 7.78. The van der Waals surface area contributed by atoms with Gasteiger partial charge >= 0.3 is 0 Å². The summed E-state index contributed by atoms with van der Waals surface area (Å²) in [7, 11) is -4.06. The minimum Gasteiger partial charge on any atom is -0.333 e. The molecule has 4 rings (SSSR count). The molecule has 0 spiro atoms. The van der Waals surface area contributed by atoms with Crippen LogP contribution in [0.3, 0.4) is 0 Å². The Hall–Kier alpha value is -2.17. The monoisotopic (exact) mass is 397 g/mol. The van der Waals surface area contributed by atoms with E-state index < -0.39 is 26.6 Å². The van der Waals surface area contributed by atoms with E-state index in [-0.39, 0.29) is 19.0 Å². The summed E-state index contributed by atoms with van der Waals surface area (Å²) in [6.07, 6.45) is 0.492. The molecule has 0 saturated carbocycles. The zero-order valence-corrected chi connectivity index (χ0v) is 14.9.